The molecule has 0 saturated heterocycles. The Morgan fingerprint density at radius 1 is 1.31 bits per heavy atom. The molecule has 0 spiro atoms. The third-order valence-corrected chi connectivity index (χ3v) is 6.13. The second-order valence-electron chi connectivity index (χ2n) is 5.86. The van der Waals surface area contributed by atoms with E-state index in [1.54, 1.807) is 0 Å². The van der Waals surface area contributed by atoms with Gasteiger partial charge in [-0.1, -0.05) is 6.07 Å². The molecule has 3 rings (SSSR count). The molecule has 1 amide bonds. The zero-order valence-electron chi connectivity index (χ0n) is 13.6. The van der Waals surface area contributed by atoms with Crippen LogP contribution in [0.15, 0.2) is 34.5 Å². The Kier molecular flexibility index (Phi) is 5.35. The maximum absolute atomic E-state index is 12.2. The first-order chi connectivity index (χ1) is 12.3. The molecule has 8 nitrogen and oxygen atoms in total. The Bertz CT molecular complexity index is 935. The van der Waals surface area contributed by atoms with Crippen LogP contribution in [0.4, 0.5) is 0 Å². The summed E-state index contributed by atoms with van der Waals surface area (Å²) in [4.78, 5) is 27.0. The summed E-state index contributed by atoms with van der Waals surface area (Å²) in [5.74, 6) is -1.49. The number of carboxylic acid groups (broad SMARTS) is 1. The molecule has 2 aromatic rings. The highest BCUT2D eigenvalue weighted by Crippen LogP contribution is 2.22. The molecule has 26 heavy (non-hydrogen) atoms. The van der Waals surface area contributed by atoms with E-state index in [-0.39, 0.29) is 28.7 Å². The van der Waals surface area contributed by atoms with Crippen LogP contribution in [-0.2, 0) is 16.4 Å². The van der Waals surface area contributed by atoms with E-state index in [1.807, 2.05) is 0 Å². The van der Waals surface area contributed by atoms with Crippen molar-refractivity contribution in [2.24, 2.45) is 0 Å². The number of rotatable bonds is 8. The Morgan fingerprint density at radius 2 is 2.08 bits per heavy atom. The number of amides is 1. The first-order valence-electron chi connectivity index (χ1n) is 7.93. The number of nitrogens with one attached hydrogen (secondary N) is 2. The van der Waals surface area contributed by atoms with E-state index in [0.29, 0.717) is 11.4 Å². The van der Waals surface area contributed by atoms with E-state index in [0.717, 1.165) is 12.8 Å². The van der Waals surface area contributed by atoms with Gasteiger partial charge in [0.1, 0.15) is 0 Å². The minimum Gasteiger partial charge on any atom is -0.476 e. The van der Waals surface area contributed by atoms with Crippen molar-refractivity contribution in [2.45, 2.75) is 30.2 Å². The van der Waals surface area contributed by atoms with Crippen LogP contribution in [0.2, 0.25) is 0 Å². The van der Waals surface area contributed by atoms with E-state index in [2.05, 4.69) is 15.0 Å². The van der Waals surface area contributed by atoms with Gasteiger partial charge in [0.05, 0.1) is 9.90 Å². The van der Waals surface area contributed by atoms with Gasteiger partial charge in [-0.15, -0.1) is 11.3 Å². The van der Waals surface area contributed by atoms with E-state index in [1.165, 1.54) is 41.0 Å². The largest absolute Gasteiger partial charge is 0.476 e. The molecular formula is C16H17N3O5S2. The molecule has 1 heterocycles. The fraction of sp³-hybridized carbons (Fsp3) is 0.312. The molecule has 1 aromatic carbocycles. The number of aromatic nitrogens is 1. The Labute approximate surface area is 154 Å². The number of sulfonamides is 1. The summed E-state index contributed by atoms with van der Waals surface area (Å²) >= 11 is 1.21. The lowest BCUT2D eigenvalue weighted by atomic mass is 10.2. The quantitative estimate of drug-likeness (QED) is 0.618. The molecule has 0 bridgehead atoms. The molecule has 1 fully saturated rings. The molecule has 10 heteroatoms. The monoisotopic (exact) mass is 395 g/mol. The molecule has 0 aliphatic heterocycles. The summed E-state index contributed by atoms with van der Waals surface area (Å²) in [7, 11) is -3.62. The number of carboxylic acids is 1. The lowest BCUT2D eigenvalue weighted by Gasteiger charge is -2.08. The average molecular weight is 395 g/mol. The zero-order chi connectivity index (χ0) is 18.7. The predicted octanol–water partition coefficient (Wildman–Crippen LogP) is 1.25. The summed E-state index contributed by atoms with van der Waals surface area (Å²) in [6.07, 6.45) is 2.06. The van der Waals surface area contributed by atoms with Gasteiger partial charge < -0.3 is 10.4 Å². The van der Waals surface area contributed by atoms with E-state index < -0.39 is 21.9 Å². The van der Waals surface area contributed by atoms with Crippen molar-refractivity contribution in [3.63, 3.8) is 0 Å². The fourth-order valence-corrected chi connectivity index (χ4v) is 4.32. The molecule has 1 saturated carbocycles. The van der Waals surface area contributed by atoms with Crippen LogP contribution >= 0.6 is 11.3 Å². The lowest BCUT2D eigenvalue weighted by Crippen LogP contribution is -2.28. The summed E-state index contributed by atoms with van der Waals surface area (Å²) in [5.41, 5.74) is 0.228. The highest BCUT2D eigenvalue weighted by atomic mass is 32.2. The molecular weight excluding hydrogens is 378 g/mol. The van der Waals surface area contributed by atoms with Crippen LogP contribution in [-0.4, -0.2) is 43.0 Å². The van der Waals surface area contributed by atoms with Crippen LogP contribution in [0.3, 0.4) is 0 Å². The van der Waals surface area contributed by atoms with E-state index in [9.17, 15) is 18.0 Å². The lowest BCUT2D eigenvalue weighted by molar-refractivity contribution is 0.0690. The normalized spacial score (nSPS) is 14.2. The third kappa shape index (κ3) is 4.65. The Balaban J connectivity index is 1.59. The van der Waals surface area contributed by atoms with Crippen LogP contribution in [0.1, 0.15) is 38.7 Å². The second kappa shape index (κ2) is 7.52. The number of hydrogen-bond donors (Lipinski definition) is 3. The van der Waals surface area contributed by atoms with Crippen molar-refractivity contribution in [3.8, 4) is 0 Å². The second-order valence-corrected chi connectivity index (χ2v) is 8.52. The molecule has 0 radical (unpaired) electrons. The zero-order valence-corrected chi connectivity index (χ0v) is 15.3. The van der Waals surface area contributed by atoms with Crippen molar-refractivity contribution < 1.29 is 23.1 Å². The topological polar surface area (TPSA) is 125 Å². The third-order valence-electron chi connectivity index (χ3n) is 3.70. The number of benzene rings is 1. The number of carbonyl (C=O) groups excluding carboxylic acids is 1. The van der Waals surface area contributed by atoms with Crippen LogP contribution < -0.4 is 10.0 Å². The Morgan fingerprint density at radius 3 is 2.73 bits per heavy atom. The molecule has 0 unspecified atom stereocenters. The van der Waals surface area contributed by atoms with Crippen LogP contribution in [0.25, 0.3) is 0 Å². The van der Waals surface area contributed by atoms with Gasteiger partial charge >= 0.3 is 5.97 Å². The summed E-state index contributed by atoms with van der Waals surface area (Å²) in [6.45, 7) is 0.267. The van der Waals surface area contributed by atoms with Gasteiger partial charge in [0, 0.05) is 30.0 Å². The Hall–Kier alpha value is -2.30. The standard InChI is InChI=1S/C16H17N3O5S2/c20-15(17-7-6-14-18-13(9-25-14)16(21)22)10-2-1-3-12(8-10)26(23,24)19-11-4-5-11/h1-3,8-9,11,19H,4-7H2,(H,17,20)(H,21,22). The number of aromatic carboxylic acids is 1. The SMILES string of the molecule is O=C(NCCc1nc(C(=O)O)cs1)c1cccc(S(=O)(=O)NC2CC2)c1. The minimum absolute atomic E-state index is 0.00790. The number of carbonyl (C=O) groups is 2. The van der Waals surface area contributed by atoms with Crippen molar-refractivity contribution in [1.82, 2.24) is 15.0 Å². The van der Waals surface area contributed by atoms with Crippen LogP contribution in [0, 0.1) is 0 Å². The van der Waals surface area contributed by atoms with Crippen molar-refractivity contribution in [3.05, 3.63) is 45.9 Å². The maximum Gasteiger partial charge on any atom is 0.355 e. The fourth-order valence-electron chi connectivity index (χ4n) is 2.20. The minimum atomic E-state index is -3.62. The van der Waals surface area contributed by atoms with Crippen LogP contribution in [0.5, 0.6) is 0 Å². The number of nitrogens with zero attached hydrogens (tertiary/aromatic N) is 1. The molecule has 1 aliphatic rings. The smallest absolute Gasteiger partial charge is 0.355 e. The highest BCUT2D eigenvalue weighted by Gasteiger charge is 2.28. The van der Waals surface area contributed by atoms with Gasteiger partial charge in [-0.25, -0.2) is 22.9 Å². The van der Waals surface area contributed by atoms with Crippen molar-refractivity contribution in [2.75, 3.05) is 6.54 Å². The van der Waals surface area contributed by atoms with E-state index in [4.69, 9.17) is 5.11 Å². The molecule has 138 valence electrons. The van der Waals surface area contributed by atoms with Gasteiger partial charge in [-0.2, -0.15) is 0 Å². The summed E-state index contributed by atoms with van der Waals surface area (Å²) < 4.78 is 27.0. The average Bonchev–Trinajstić information content (AvgIpc) is 3.27. The van der Waals surface area contributed by atoms with Gasteiger partial charge in [0.25, 0.3) is 5.91 Å². The van der Waals surface area contributed by atoms with Crippen molar-refractivity contribution >= 4 is 33.2 Å². The first kappa shape index (κ1) is 18.5. The van der Waals surface area contributed by atoms with E-state index >= 15 is 0 Å². The molecule has 1 aliphatic carbocycles. The summed E-state index contributed by atoms with van der Waals surface area (Å²) in [6, 6.07) is 5.84. The van der Waals surface area contributed by atoms with Gasteiger partial charge in [-0.3, -0.25) is 4.79 Å². The number of hydrogen-bond acceptors (Lipinski definition) is 6. The van der Waals surface area contributed by atoms with Crippen molar-refractivity contribution in [1.29, 1.82) is 0 Å². The maximum atomic E-state index is 12.2. The highest BCUT2D eigenvalue weighted by molar-refractivity contribution is 7.89. The van der Waals surface area contributed by atoms with Gasteiger partial charge in [-0.05, 0) is 31.0 Å². The van der Waals surface area contributed by atoms with Gasteiger partial charge in [0.15, 0.2) is 5.69 Å². The molecule has 1 aromatic heterocycles. The van der Waals surface area contributed by atoms with Gasteiger partial charge in [0.2, 0.25) is 10.0 Å². The molecule has 3 N–H and O–H groups in total. The predicted molar refractivity (Wildman–Crippen MR) is 94.9 cm³/mol. The number of thiazole rings is 1. The molecule has 0 atom stereocenters. The first-order valence-corrected chi connectivity index (χ1v) is 10.3. The summed E-state index contributed by atoms with van der Waals surface area (Å²) in [5, 5.41) is 13.6.